The van der Waals surface area contributed by atoms with Gasteiger partial charge in [-0.25, -0.2) is 0 Å². The first kappa shape index (κ1) is 16.9. The lowest BCUT2D eigenvalue weighted by atomic mass is 9.79. The molecular weight excluding hydrogens is 290 g/mol. The quantitative estimate of drug-likeness (QED) is 0.350. The van der Waals surface area contributed by atoms with Crippen LogP contribution in [0.25, 0.3) is 0 Å². The standard InChI is InChI=1S/C15H23NO6/c17-10-8-15(21)9-11(13(10)19)22-12(18)6-4-2-1-3-5-7-16-14(15)20/h3,5,10-11,13,17,19,21H,1-2,4,6-9H2,(H,16,20)/b5-3+/t10-,11?,13?,15+/m1/s1. The Morgan fingerprint density at radius 2 is 1.95 bits per heavy atom. The molecule has 2 rings (SSSR count). The van der Waals surface area contributed by atoms with Crippen molar-refractivity contribution in [2.24, 2.45) is 0 Å². The molecule has 0 spiro atoms. The van der Waals surface area contributed by atoms with Crippen molar-refractivity contribution in [3.63, 3.8) is 0 Å². The minimum Gasteiger partial charge on any atom is -0.459 e. The summed E-state index contributed by atoms with van der Waals surface area (Å²) in [6.07, 6.45) is 1.92. The van der Waals surface area contributed by atoms with Crippen molar-refractivity contribution in [1.29, 1.82) is 0 Å². The Labute approximate surface area is 129 Å². The van der Waals surface area contributed by atoms with Crippen molar-refractivity contribution in [1.82, 2.24) is 5.32 Å². The van der Waals surface area contributed by atoms with Gasteiger partial charge in [0.05, 0.1) is 6.10 Å². The van der Waals surface area contributed by atoms with Crippen LogP contribution in [0.4, 0.5) is 0 Å². The van der Waals surface area contributed by atoms with Crippen molar-refractivity contribution >= 4 is 11.9 Å². The number of nitrogens with one attached hydrogen (secondary N) is 1. The normalized spacial score (nSPS) is 39.3. The molecule has 2 unspecified atom stereocenters. The van der Waals surface area contributed by atoms with Gasteiger partial charge in [0.15, 0.2) is 0 Å². The van der Waals surface area contributed by atoms with Crippen LogP contribution in [0, 0.1) is 0 Å². The number of allylic oxidation sites excluding steroid dienone is 1. The van der Waals surface area contributed by atoms with Gasteiger partial charge in [0.1, 0.15) is 17.8 Å². The molecule has 124 valence electrons. The maximum atomic E-state index is 12.1. The monoisotopic (exact) mass is 313 g/mol. The van der Waals surface area contributed by atoms with Gasteiger partial charge in [0, 0.05) is 25.8 Å². The van der Waals surface area contributed by atoms with Gasteiger partial charge >= 0.3 is 5.97 Å². The summed E-state index contributed by atoms with van der Waals surface area (Å²) in [5, 5.41) is 32.8. The van der Waals surface area contributed by atoms with Crippen LogP contribution in [-0.4, -0.2) is 57.7 Å². The van der Waals surface area contributed by atoms with Crippen molar-refractivity contribution in [3.8, 4) is 0 Å². The van der Waals surface area contributed by atoms with E-state index < -0.39 is 35.8 Å². The number of aliphatic hydroxyl groups excluding tert-OH is 2. The first-order valence-electron chi connectivity index (χ1n) is 7.64. The van der Waals surface area contributed by atoms with Gasteiger partial charge in [0.25, 0.3) is 5.91 Å². The van der Waals surface area contributed by atoms with E-state index >= 15 is 0 Å². The lowest BCUT2D eigenvalue weighted by Gasteiger charge is -2.40. The SMILES string of the molecule is O=C1CCCC/C=C/CNC(=O)[C@@]2(O)CC(O1)C(O)[C@H](O)C2. The Bertz CT molecular complexity index is 451. The van der Waals surface area contributed by atoms with Gasteiger partial charge < -0.3 is 25.4 Å². The van der Waals surface area contributed by atoms with Crippen molar-refractivity contribution in [2.45, 2.75) is 62.4 Å². The fourth-order valence-corrected chi connectivity index (χ4v) is 2.82. The molecule has 4 N–H and O–H groups in total. The van der Waals surface area contributed by atoms with Gasteiger partial charge in [-0.05, 0) is 19.3 Å². The molecule has 0 aromatic heterocycles. The highest BCUT2D eigenvalue weighted by Gasteiger charge is 2.50. The number of fused-ring (bicyclic) bond motifs is 2. The van der Waals surface area contributed by atoms with Gasteiger partial charge in [-0.3, -0.25) is 9.59 Å². The topological polar surface area (TPSA) is 116 Å². The second-order valence-electron chi connectivity index (χ2n) is 5.95. The van der Waals surface area contributed by atoms with Crippen LogP contribution in [0.1, 0.15) is 38.5 Å². The van der Waals surface area contributed by atoms with E-state index in [0.29, 0.717) is 6.42 Å². The lowest BCUT2D eigenvalue weighted by Crippen LogP contribution is -2.59. The minimum atomic E-state index is -1.86. The molecular formula is C15H23NO6. The third kappa shape index (κ3) is 4.06. The predicted molar refractivity (Wildman–Crippen MR) is 76.7 cm³/mol. The van der Waals surface area contributed by atoms with E-state index in [9.17, 15) is 24.9 Å². The number of rotatable bonds is 0. The van der Waals surface area contributed by atoms with Crippen LogP contribution < -0.4 is 5.32 Å². The van der Waals surface area contributed by atoms with Gasteiger partial charge in [0.2, 0.25) is 0 Å². The highest BCUT2D eigenvalue weighted by atomic mass is 16.6. The zero-order valence-electron chi connectivity index (χ0n) is 12.4. The zero-order chi connectivity index (χ0) is 16.2. The van der Waals surface area contributed by atoms with E-state index in [4.69, 9.17) is 4.74 Å². The number of hydrogen-bond donors (Lipinski definition) is 4. The molecule has 1 fully saturated rings. The number of carbonyl (C=O) groups is 2. The van der Waals surface area contributed by atoms with Crippen LogP contribution in [0.2, 0.25) is 0 Å². The highest BCUT2D eigenvalue weighted by Crippen LogP contribution is 2.31. The van der Waals surface area contributed by atoms with Crippen molar-refractivity contribution in [3.05, 3.63) is 12.2 Å². The second-order valence-corrected chi connectivity index (χ2v) is 5.95. The Morgan fingerprint density at radius 1 is 1.18 bits per heavy atom. The second kappa shape index (κ2) is 7.21. The van der Waals surface area contributed by atoms with E-state index in [1.807, 2.05) is 6.08 Å². The lowest BCUT2D eigenvalue weighted by molar-refractivity contribution is -0.190. The number of hydrogen-bond acceptors (Lipinski definition) is 6. The number of aliphatic hydroxyl groups is 3. The minimum absolute atomic E-state index is 0.206. The third-order valence-electron chi connectivity index (χ3n) is 4.12. The summed E-state index contributed by atoms with van der Waals surface area (Å²) in [6, 6.07) is 0. The molecule has 7 heteroatoms. The molecule has 2 aliphatic rings. The van der Waals surface area contributed by atoms with Gasteiger partial charge in [-0.15, -0.1) is 0 Å². The van der Waals surface area contributed by atoms with Crippen LogP contribution in [0.3, 0.4) is 0 Å². The average Bonchev–Trinajstić information content (AvgIpc) is 2.46. The van der Waals surface area contributed by atoms with Crippen molar-refractivity contribution < 1.29 is 29.6 Å². The molecule has 1 saturated carbocycles. The number of esters is 1. The fraction of sp³-hybridized carbons (Fsp3) is 0.733. The average molecular weight is 313 g/mol. The number of ether oxygens (including phenoxy) is 1. The summed E-state index contributed by atoms with van der Waals surface area (Å²) in [5.41, 5.74) is -1.86. The summed E-state index contributed by atoms with van der Waals surface area (Å²) in [7, 11) is 0. The molecule has 7 nitrogen and oxygen atoms in total. The zero-order valence-corrected chi connectivity index (χ0v) is 12.4. The summed E-state index contributed by atoms with van der Waals surface area (Å²) in [4.78, 5) is 23.9. The predicted octanol–water partition coefficient (Wildman–Crippen LogP) is -0.609. The Hall–Kier alpha value is -1.44. The van der Waals surface area contributed by atoms with E-state index in [0.717, 1.165) is 12.8 Å². The Kier molecular flexibility index (Phi) is 5.55. The molecule has 0 saturated heterocycles. The largest absolute Gasteiger partial charge is 0.459 e. The fourth-order valence-electron chi connectivity index (χ4n) is 2.82. The molecule has 4 atom stereocenters. The van der Waals surface area contributed by atoms with Crippen LogP contribution in [0.5, 0.6) is 0 Å². The maximum absolute atomic E-state index is 12.1. The Balaban J connectivity index is 2.17. The van der Waals surface area contributed by atoms with Crippen LogP contribution >= 0.6 is 0 Å². The van der Waals surface area contributed by atoms with Gasteiger partial charge in [-0.2, -0.15) is 0 Å². The number of carbonyl (C=O) groups excluding carboxylic acids is 2. The molecule has 1 heterocycles. The summed E-state index contributed by atoms with van der Waals surface area (Å²) >= 11 is 0. The first-order valence-corrected chi connectivity index (χ1v) is 7.64. The van der Waals surface area contributed by atoms with Crippen LogP contribution in [-0.2, 0) is 14.3 Å². The van der Waals surface area contributed by atoms with Crippen molar-refractivity contribution in [2.75, 3.05) is 6.54 Å². The molecule has 0 radical (unpaired) electrons. The molecule has 22 heavy (non-hydrogen) atoms. The summed E-state index contributed by atoms with van der Waals surface area (Å²) < 4.78 is 5.16. The van der Waals surface area contributed by atoms with E-state index in [2.05, 4.69) is 5.32 Å². The molecule has 0 aromatic carbocycles. The summed E-state index contributed by atoms with van der Waals surface area (Å²) in [5.74, 6) is -1.14. The third-order valence-corrected chi connectivity index (χ3v) is 4.12. The highest BCUT2D eigenvalue weighted by molar-refractivity contribution is 5.85. The van der Waals surface area contributed by atoms with Gasteiger partial charge in [-0.1, -0.05) is 12.2 Å². The molecule has 1 amide bonds. The van der Waals surface area contributed by atoms with E-state index in [1.165, 1.54) is 0 Å². The smallest absolute Gasteiger partial charge is 0.306 e. The molecule has 1 aliphatic carbocycles. The first-order chi connectivity index (χ1) is 10.4. The maximum Gasteiger partial charge on any atom is 0.306 e. The molecule has 1 aliphatic heterocycles. The van der Waals surface area contributed by atoms with Crippen LogP contribution in [0.15, 0.2) is 12.2 Å². The molecule has 2 bridgehead atoms. The Morgan fingerprint density at radius 3 is 2.73 bits per heavy atom. The summed E-state index contributed by atoms with van der Waals surface area (Å²) in [6.45, 7) is 0.282. The molecule has 0 aromatic rings. The van der Waals surface area contributed by atoms with E-state index in [-0.39, 0.29) is 25.8 Å². The van der Waals surface area contributed by atoms with E-state index in [1.54, 1.807) is 6.08 Å². The number of amides is 1.